The summed E-state index contributed by atoms with van der Waals surface area (Å²) in [6.45, 7) is 6.15. The number of rotatable bonds is 1. The van der Waals surface area contributed by atoms with Gasteiger partial charge in [-0.2, -0.15) is 0 Å². The third kappa shape index (κ3) is 2.59. The molecule has 0 radical (unpaired) electrons. The first-order valence-electron chi connectivity index (χ1n) is 10.5. The van der Waals surface area contributed by atoms with E-state index in [-0.39, 0.29) is 0 Å². The summed E-state index contributed by atoms with van der Waals surface area (Å²) < 4.78 is 2.20. The molecule has 0 unspecified atom stereocenters. The molecule has 4 aromatic carbocycles. The average Bonchev–Trinajstić information content (AvgIpc) is 3.26. The lowest BCUT2D eigenvalue weighted by Gasteiger charge is -2.11. The Kier molecular flexibility index (Phi) is 4.44. The van der Waals surface area contributed by atoms with Gasteiger partial charge in [0.25, 0.3) is 0 Å². The van der Waals surface area contributed by atoms with Crippen LogP contribution in [-0.2, 0) is 0 Å². The Morgan fingerprint density at radius 2 is 1.17 bits per heavy atom. The molecule has 0 aliphatic heterocycles. The normalized spacial score (nSPS) is 11.2. The van der Waals surface area contributed by atoms with Crippen LogP contribution in [0.3, 0.4) is 0 Å². The van der Waals surface area contributed by atoms with Gasteiger partial charge < -0.3 is 0 Å². The van der Waals surface area contributed by atoms with Crippen molar-refractivity contribution in [3.8, 4) is 11.4 Å². The van der Waals surface area contributed by atoms with E-state index in [1.165, 1.54) is 27.1 Å². The van der Waals surface area contributed by atoms with Crippen LogP contribution in [0.15, 0.2) is 84.9 Å². The molecule has 0 fully saturated rings. The van der Waals surface area contributed by atoms with Crippen LogP contribution in [0.1, 0.15) is 19.4 Å². The summed E-state index contributed by atoms with van der Waals surface area (Å²) >= 11 is 0. The fourth-order valence-electron chi connectivity index (χ4n) is 4.32. The number of nitrogens with zero attached hydrogens (tertiary/aromatic N) is 3. The van der Waals surface area contributed by atoms with Gasteiger partial charge in [0.15, 0.2) is 11.5 Å². The van der Waals surface area contributed by atoms with E-state index in [1.54, 1.807) is 0 Å². The smallest absolute Gasteiger partial charge is 0.169 e. The molecule has 30 heavy (non-hydrogen) atoms. The second-order valence-corrected chi connectivity index (χ2v) is 7.22. The van der Waals surface area contributed by atoms with Crippen molar-refractivity contribution in [2.45, 2.75) is 20.8 Å². The van der Waals surface area contributed by atoms with Crippen molar-refractivity contribution >= 4 is 38.1 Å². The molecule has 0 atom stereocenters. The Balaban J connectivity index is 0.000000937. The average molecular weight is 390 g/mol. The first-order valence-corrected chi connectivity index (χ1v) is 10.5. The van der Waals surface area contributed by atoms with Gasteiger partial charge in [-0.05, 0) is 34.7 Å². The third-order valence-electron chi connectivity index (χ3n) is 5.65. The molecule has 2 aromatic heterocycles. The van der Waals surface area contributed by atoms with Gasteiger partial charge in [0.05, 0.1) is 5.52 Å². The molecule has 3 heteroatoms. The highest BCUT2D eigenvalue weighted by molar-refractivity contribution is 6.12. The summed E-state index contributed by atoms with van der Waals surface area (Å²) in [7, 11) is 0. The predicted molar refractivity (Wildman–Crippen MR) is 127 cm³/mol. The largest absolute Gasteiger partial charge is 0.274 e. The summed E-state index contributed by atoms with van der Waals surface area (Å²) in [5, 5.41) is 15.3. The second kappa shape index (κ2) is 7.27. The molecule has 6 aromatic rings. The standard InChI is InChI=1S/C25H17N3.C2H6/c1-16-14-15-22(18-9-3-2-8-17(16)18)25-27-26-24-21-12-5-4-10-19(21)20-11-6-7-13-23(20)28(24)25;1-2/h2-15H,1H3;1-2H3. The number of hydrogen-bond acceptors (Lipinski definition) is 2. The zero-order chi connectivity index (χ0) is 20.7. The first kappa shape index (κ1) is 18.3. The van der Waals surface area contributed by atoms with E-state index in [0.717, 1.165) is 27.9 Å². The summed E-state index contributed by atoms with van der Waals surface area (Å²) in [5.41, 5.74) is 4.40. The third-order valence-corrected chi connectivity index (χ3v) is 5.65. The van der Waals surface area contributed by atoms with Gasteiger partial charge in [0.1, 0.15) is 0 Å². The highest BCUT2D eigenvalue weighted by Crippen LogP contribution is 2.34. The zero-order valence-corrected chi connectivity index (χ0v) is 17.4. The molecular weight excluding hydrogens is 366 g/mol. The molecular formula is C27H23N3. The maximum atomic E-state index is 4.66. The molecule has 0 bridgehead atoms. The Hall–Kier alpha value is -3.72. The topological polar surface area (TPSA) is 30.2 Å². The minimum atomic E-state index is 0.883. The number of benzene rings is 4. The van der Waals surface area contributed by atoms with E-state index in [4.69, 9.17) is 0 Å². The summed E-state index contributed by atoms with van der Waals surface area (Å²) in [5.74, 6) is 0.883. The minimum absolute atomic E-state index is 0.883. The second-order valence-electron chi connectivity index (χ2n) is 7.22. The molecule has 3 nitrogen and oxygen atoms in total. The van der Waals surface area contributed by atoms with Crippen molar-refractivity contribution < 1.29 is 0 Å². The van der Waals surface area contributed by atoms with Crippen LogP contribution in [0.25, 0.3) is 49.5 Å². The van der Waals surface area contributed by atoms with Crippen LogP contribution < -0.4 is 0 Å². The molecule has 0 saturated carbocycles. The lowest BCUT2D eigenvalue weighted by Crippen LogP contribution is -1.95. The first-order chi connectivity index (χ1) is 14.8. The van der Waals surface area contributed by atoms with Crippen molar-refractivity contribution in [2.75, 3.05) is 0 Å². The monoisotopic (exact) mass is 389 g/mol. The fourth-order valence-corrected chi connectivity index (χ4v) is 4.32. The molecule has 0 saturated heterocycles. The molecule has 2 heterocycles. The maximum absolute atomic E-state index is 4.66. The van der Waals surface area contributed by atoms with Crippen LogP contribution in [0.5, 0.6) is 0 Å². The van der Waals surface area contributed by atoms with Gasteiger partial charge in [0, 0.05) is 16.3 Å². The van der Waals surface area contributed by atoms with Crippen LogP contribution in [-0.4, -0.2) is 14.6 Å². The van der Waals surface area contributed by atoms with E-state index in [1.807, 2.05) is 13.8 Å². The van der Waals surface area contributed by atoms with Gasteiger partial charge in [-0.15, -0.1) is 10.2 Å². The number of aromatic nitrogens is 3. The SMILES string of the molecule is CC.Cc1ccc(-c2nnc3c4ccccc4c4ccccc4n23)c2ccccc12. The Labute approximate surface area is 175 Å². The van der Waals surface area contributed by atoms with Crippen molar-refractivity contribution in [3.63, 3.8) is 0 Å². The predicted octanol–water partition coefficient (Wildman–Crippen LogP) is 7.19. The molecule has 0 N–H and O–H groups in total. The van der Waals surface area contributed by atoms with Crippen LogP contribution in [0.4, 0.5) is 0 Å². The summed E-state index contributed by atoms with van der Waals surface area (Å²) in [4.78, 5) is 0. The molecule has 6 rings (SSSR count). The van der Waals surface area contributed by atoms with Crippen molar-refractivity contribution in [1.29, 1.82) is 0 Å². The number of pyridine rings is 1. The summed E-state index contributed by atoms with van der Waals surface area (Å²) in [6, 6.07) is 29.8. The van der Waals surface area contributed by atoms with Crippen LogP contribution >= 0.6 is 0 Å². The van der Waals surface area contributed by atoms with E-state index >= 15 is 0 Å². The summed E-state index contributed by atoms with van der Waals surface area (Å²) in [6.07, 6.45) is 0. The van der Waals surface area contributed by atoms with E-state index in [9.17, 15) is 0 Å². The number of para-hydroxylation sites is 1. The lowest BCUT2D eigenvalue weighted by molar-refractivity contribution is 1.12. The van der Waals surface area contributed by atoms with Gasteiger partial charge in [0.2, 0.25) is 0 Å². The minimum Gasteiger partial charge on any atom is -0.274 e. The molecule has 0 spiro atoms. The van der Waals surface area contributed by atoms with Crippen molar-refractivity contribution in [2.24, 2.45) is 0 Å². The van der Waals surface area contributed by atoms with Crippen molar-refractivity contribution in [1.82, 2.24) is 14.6 Å². The van der Waals surface area contributed by atoms with Crippen molar-refractivity contribution in [3.05, 3.63) is 90.5 Å². The number of aryl methyl sites for hydroxylation is 1. The van der Waals surface area contributed by atoms with E-state index in [0.29, 0.717) is 0 Å². The van der Waals surface area contributed by atoms with Gasteiger partial charge in [-0.1, -0.05) is 92.7 Å². The van der Waals surface area contributed by atoms with Gasteiger partial charge in [-0.3, -0.25) is 4.40 Å². The number of fused-ring (bicyclic) bond motifs is 7. The van der Waals surface area contributed by atoms with E-state index in [2.05, 4.69) is 106 Å². The van der Waals surface area contributed by atoms with Crippen LogP contribution in [0, 0.1) is 6.92 Å². The molecule has 0 aliphatic rings. The Morgan fingerprint density at radius 3 is 1.93 bits per heavy atom. The van der Waals surface area contributed by atoms with E-state index < -0.39 is 0 Å². The highest BCUT2D eigenvalue weighted by Gasteiger charge is 2.17. The lowest BCUT2D eigenvalue weighted by atomic mass is 9.99. The fraction of sp³-hybridized carbons (Fsp3) is 0.111. The van der Waals surface area contributed by atoms with Gasteiger partial charge in [-0.25, -0.2) is 0 Å². The molecule has 146 valence electrons. The van der Waals surface area contributed by atoms with Gasteiger partial charge >= 0.3 is 0 Å². The molecule has 0 amide bonds. The Morgan fingerprint density at radius 1 is 0.567 bits per heavy atom. The maximum Gasteiger partial charge on any atom is 0.169 e. The highest BCUT2D eigenvalue weighted by atomic mass is 15.2. The molecule has 0 aliphatic carbocycles. The Bertz CT molecular complexity index is 1530. The quantitative estimate of drug-likeness (QED) is 0.279. The van der Waals surface area contributed by atoms with Crippen LogP contribution in [0.2, 0.25) is 0 Å². The zero-order valence-electron chi connectivity index (χ0n) is 17.4. The number of hydrogen-bond donors (Lipinski definition) is 0.